The normalized spacial score (nSPS) is 51.1. The lowest BCUT2D eigenvalue weighted by atomic mass is 10.0. The van der Waals surface area contributed by atoms with Crippen LogP contribution in [0.2, 0.25) is 0 Å². The van der Waals surface area contributed by atoms with E-state index in [1.807, 2.05) is 0 Å². The summed E-state index contributed by atoms with van der Waals surface area (Å²) in [5.41, 5.74) is 0. The molecule has 2 rings (SSSR count). The first-order valence-corrected chi connectivity index (χ1v) is 10.9. The van der Waals surface area contributed by atoms with Crippen molar-refractivity contribution in [3.05, 3.63) is 0 Å². The quantitative estimate of drug-likeness (QED) is 0.338. The van der Waals surface area contributed by atoms with E-state index in [1.165, 1.54) is 0 Å². The number of hydrogen-bond donors (Lipinski definition) is 4. The zero-order chi connectivity index (χ0) is 17.4. The van der Waals surface area contributed by atoms with Gasteiger partial charge in [0.05, 0.1) is 39.9 Å². The highest BCUT2D eigenvalue weighted by atomic mass is 79.9. The van der Waals surface area contributed by atoms with Crippen LogP contribution in [0.25, 0.3) is 0 Å². The number of hydrogen-bond acceptors (Lipinski definition) is 7. The van der Waals surface area contributed by atoms with Gasteiger partial charge < -0.3 is 34.6 Å². The van der Waals surface area contributed by atoms with Gasteiger partial charge in [-0.15, -0.1) is 0 Å². The van der Waals surface area contributed by atoms with E-state index in [-0.39, 0.29) is 22.9 Å². The Morgan fingerprint density at radius 3 is 2.13 bits per heavy atom. The van der Waals surface area contributed by atoms with Gasteiger partial charge in [-0.25, -0.2) is 0 Å². The molecule has 2 saturated heterocycles. The number of halogens is 4. The van der Waals surface area contributed by atoms with Gasteiger partial charge in [-0.05, 0) is 0 Å². The van der Waals surface area contributed by atoms with Gasteiger partial charge in [0.1, 0.15) is 12.2 Å². The van der Waals surface area contributed by atoms with Crippen LogP contribution in [0.3, 0.4) is 0 Å². The van der Waals surface area contributed by atoms with Gasteiger partial charge in [-0.1, -0.05) is 63.7 Å². The minimum Gasteiger partial charge on any atom is -0.394 e. The number of rotatable bonds is 5. The van der Waals surface area contributed by atoms with E-state index in [2.05, 4.69) is 63.7 Å². The third-order valence-corrected chi connectivity index (χ3v) is 7.55. The lowest BCUT2D eigenvalue weighted by Gasteiger charge is -2.43. The SMILES string of the molecule is OC[C@H]1O[C@H](O[C@]2(CBr)O[C@H](CBr)[C@@H](Br)[C@@H]2O)[C@H](O)[C@@H](O)[C@H]1Br. The molecule has 0 aliphatic carbocycles. The maximum atomic E-state index is 10.5. The number of aliphatic hydroxyl groups is 4. The van der Waals surface area contributed by atoms with Gasteiger partial charge in [0.2, 0.25) is 5.79 Å². The van der Waals surface area contributed by atoms with Crippen molar-refractivity contribution in [2.75, 3.05) is 17.3 Å². The molecule has 0 aromatic carbocycles. The molecule has 11 heteroatoms. The fourth-order valence-corrected chi connectivity index (χ4v) is 5.46. The van der Waals surface area contributed by atoms with Crippen molar-refractivity contribution in [1.29, 1.82) is 0 Å². The van der Waals surface area contributed by atoms with E-state index in [0.717, 1.165) is 0 Å². The largest absolute Gasteiger partial charge is 0.394 e. The molecule has 0 aromatic rings. The van der Waals surface area contributed by atoms with E-state index >= 15 is 0 Å². The second kappa shape index (κ2) is 8.55. The van der Waals surface area contributed by atoms with Crippen LogP contribution in [-0.4, -0.2) is 89.9 Å². The molecule has 2 aliphatic heterocycles. The highest BCUT2D eigenvalue weighted by Gasteiger charge is 2.57. The summed E-state index contributed by atoms with van der Waals surface area (Å²) in [5.74, 6) is -1.46. The third kappa shape index (κ3) is 4.00. The molecule has 136 valence electrons. The molecule has 7 nitrogen and oxygen atoms in total. The van der Waals surface area contributed by atoms with Crippen molar-refractivity contribution >= 4 is 63.7 Å². The number of alkyl halides is 4. The highest BCUT2D eigenvalue weighted by molar-refractivity contribution is 9.10. The first-order chi connectivity index (χ1) is 10.8. The Kier molecular flexibility index (Phi) is 7.79. The van der Waals surface area contributed by atoms with Gasteiger partial charge in [-0.3, -0.25) is 0 Å². The van der Waals surface area contributed by atoms with Crippen molar-refractivity contribution in [3.8, 4) is 0 Å². The molecule has 0 bridgehead atoms. The Morgan fingerprint density at radius 1 is 1.00 bits per heavy atom. The molecule has 0 radical (unpaired) electrons. The summed E-state index contributed by atoms with van der Waals surface area (Å²) in [6.07, 6.45) is -6.00. The Hall–Kier alpha value is 1.64. The Balaban J connectivity index is 2.18. The lowest BCUT2D eigenvalue weighted by molar-refractivity contribution is -0.355. The van der Waals surface area contributed by atoms with E-state index < -0.39 is 41.3 Å². The van der Waals surface area contributed by atoms with E-state index in [4.69, 9.17) is 14.2 Å². The van der Waals surface area contributed by atoms with Gasteiger partial charge in [-0.2, -0.15) is 0 Å². The van der Waals surface area contributed by atoms with Gasteiger partial charge in [0, 0.05) is 5.33 Å². The van der Waals surface area contributed by atoms with Crippen molar-refractivity contribution in [1.82, 2.24) is 0 Å². The number of ether oxygens (including phenoxy) is 3. The molecule has 2 heterocycles. The second-order valence-electron chi connectivity index (χ2n) is 5.41. The summed E-state index contributed by atoms with van der Waals surface area (Å²) in [7, 11) is 0. The summed E-state index contributed by atoms with van der Waals surface area (Å²) < 4.78 is 17.0. The predicted molar refractivity (Wildman–Crippen MR) is 95.5 cm³/mol. The first kappa shape index (κ1) is 20.9. The fourth-order valence-electron chi connectivity index (χ4n) is 2.53. The van der Waals surface area contributed by atoms with E-state index in [9.17, 15) is 20.4 Å². The molecule has 2 aliphatic rings. The molecule has 0 amide bonds. The van der Waals surface area contributed by atoms with Gasteiger partial charge in [0.25, 0.3) is 0 Å². The van der Waals surface area contributed by atoms with Crippen LogP contribution in [0.4, 0.5) is 0 Å². The molecule has 2 fully saturated rings. The number of aliphatic hydroxyl groups excluding tert-OH is 4. The summed E-state index contributed by atoms with van der Waals surface area (Å²) in [6, 6.07) is 0. The standard InChI is InChI=1S/C12H18Br4O7/c13-1-4-7(16)10(20)12(3-14,22-4)23-11-9(19)8(18)6(15)5(2-17)21-11/h4-11,17-20H,1-3H2/t4-,5-,6+,7-,8+,9-,10+,11-,12+/m1/s1. The van der Waals surface area contributed by atoms with Gasteiger partial charge in [0.15, 0.2) is 6.29 Å². The molecule has 0 saturated carbocycles. The summed E-state index contributed by atoms with van der Waals surface area (Å²) >= 11 is 13.1. The third-order valence-electron chi connectivity index (χ3n) is 3.91. The summed E-state index contributed by atoms with van der Waals surface area (Å²) in [5, 5.41) is 40.6. The predicted octanol–water partition coefficient (Wildman–Crippen LogP) is 0.215. The molecular formula is C12H18Br4O7. The first-order valence-electron chi connectivity index (χ1n) is 6.87. The molecule has 4 N–H and O–H groups in total. The van der Waals surface area contributed by atoms with Crippen LogP contribution in [-0.2, 0) is 14.2 Å². The van der Waals surface area contributed by atoms with E-state index in [0.29, 0.717) is 5.33 Å². The van der Waals surface area contributed by atoms with Crippen LogP contribution in [0.1, 0.15) is 0 Å². The Labute approximate surface area is 167 Å². The average Bonchev–Trinajstić information content (AvgIpc) is 2.80. The Bertz CT molecular complexity index is 404. The maximum Gasteiger partial charge on any atom is 0.208 e. The lowest BCUT2D eigenvalue weighted by Crippen LogP contribution is -2.60. The maximum absolute atomic E-state index is 10.5. The molecular weight excluding hydrogens is 576 g/mol. The smallest absolute Gasteiger partial charge is 0.208 e. The average molecular weight is 594 g/mol. The molecule has 9 atom stereocenters. The molecule has 23 heavy (non-hydrogen) atoms. The molecule has 0 aromatic heterocycles. The second-order valence-corrected chi connectivity index (χ2v) is 8.74. The van der Waals surface area contributed by atoms with Crippen molar-refractivity contribution in [2.45, 2.75) is 52.3 Å². The summed E-state index contributed by atoms with van der Waals surface area (Å²) in [4.78, 5) is -1.03. The minimum absolute atomic E-state index is 0.122. The van der Waals surface area contributed by atoms with Crippen LogP contribution in [0.15, 0.2) is 0 Å². The van der Waals surface area contributed by atoms with Crippen molar-refractivity contribution in [2.24, 2.45) is 0 Å². The Morgan fingerprint density at radius 2 is 1.65 bits per heavy atom. The zero-order valence-corrected chi connectivity index (χ0v) is 18.1. The van der Waals surface area contributed by atoms with Crippen LogP contribution in [0, 0.1) is 0 Å². The topological polar surface area (TPSA) is 109 Å². The van der Waals surface area contributed by atoms with Crippen LogP contribution >= 0.6 is 63.7 Å². The van der Waals surface area contributed by atoms with Crippen molar-refractivity contribution in [3.63, 3.8) is 0 Å². The molecule has 0 unspecified atom stereocenters. The monoisotopic (exact) mass is 590 g/mol. The van der Waals surface area contributed by atoms with Gasteiger partial charge >= 0.3 is 0 Å². The van der Waals surface area contributed by atoms with Crippen molar-refractivity contribution < 1.29 is 34.6 Å². The minimum atomic E-state index is -1.46. The van der Waals surface area contributed by atoms with E-state index in [1.54, 1.807) is 0 Å². The highest BCUT2D eigenvalue weighted by Crippen LogP contribution is 2.41. The summed E-state index contributed by atoms with van der Waals surface area (Å²) in [6.45, 7) is -0.366. The van der Waals surface area contributed by atoms with Crippen LogP contribution < -0.4 is 0 Å². The molecule has 0 spiro atoms. The fraction of sp³-hybridized carbons (Fsp3) is 1.00. The zero-order valence-electron chi connectivity index (χ0n) is 11.8. The van der Waals surface area contributed by atoms with Crippen LogP contribution in [0.5, 0.6) is 0 Å².